The summed E-state index contributed by atoms with van der Waals surface area (Å²) in [5.41, 5.74) is 7.43. The van der Waals surface area contributed by atoms with Gasteiger partial charge in [-0.05, 0) is 31.7 Å². The van der Waals surface area contributed by atoms with E-state index in [1.807, 2.05) is 0 Å². The van der Waals surface area contributed by atoms with Gasteiger partial charge in [-0.2, -0.15) is 0 Å². The monoisotopic (exact) mass is 210 g/mol. The molecule has 1 fully saturated rings. The Balaban J connectivity index is 2.08. The lowest BCUT2D eigenvalue weighted by molar-refractivity contribution is 0.306. The van der Waals surface area contributed by atoms with E-state index < -0.39 is 0 Å². The van der Waals surface area contributed by atoms with E-state index in [1.165, 1.54) is 30.7 Å². The van der Waals surface area contributed by atoms with Crippen LogP contribution in [0.15, 0.2) is 5.38 Å². The summed E-state index contributed by atoms with van der Waals surface area (Å²) in [5.74, 6) is 0. The lowest BCUT2D eigenvalue weighted by Crippen LogP contribution is -2.29. The van der Waals surface area contributed by atoms with Crippen LogP contribution in [0.5, 0.6) is 0 Å². The molecule has 14 heavy (non-hydrogen) atoms. The molecular weight excluding hydrogens is 192 g/mol. The fraction of sp³-hybridized carbons (Fsp3) is 0.727. The molecule has 0 aromatic carbocycles. The van der Waals surface area contributed by atoms with Crippen molar-refractivity contribution in [1.82, 2.24) is 4.98 Å². The molecule has 0 bridgehead atoms. The minimum absolute atomic E-state index is 0.379. The van der Waals surface area contributed by atoms with Gasteiger partial charge >= 0.3 is 0 Å². The van der Waals surface area contributed by atoms with Crippen LogP contribution in [0.4, 0.5) is 0 Å². The standard InChI is InChI=1S/C11H18N2S/c1-9-7-14-10(13-9)6-11(8-12)4-2-3-5-11/h7H,2-6,8,12H2,1H3. The zero-order chi connectivity index (χ0) is 10.0. The molecule has 1 aromatic rings. The van der Waals surface area contributed by atoms with E-state index >= 15 is 0 Å². The van der Waals surface area contributed by atoms with Crippen molar-refractivity contribution in [2.45, 2.75) is 39.0 Å². The van der Waals surface area contributed by atoms with Gasteiger partial charge < -0.3 is 5.73 Å². The summed E-state index contributed by atoms with van der Waals surface area (Å²) < 4.78 is 0. The Morgan fingerprint density at radius 1 is 1.50 bits per heavy atom. The van der Waals surface area contributed by atoms with E-state index in [0.29, 0.717) is 5.41 Å². The van der Waals surface area contributed by atoms with Crippen molar-refractivity contribution in [3.63, 3.8) is 0 Å². The first kappa shape index (κ1) is 10.1. The maximum absolute atomic E-state index is 5.90. The maximum Gasteiger partial charge on any atom is 0.0934 e. The summed E-state index contributed by atoms with van der Waals surface area (Å²) in [6, 6.07) is 0. The van der Waals surface area contributed by atoms with Gasteiger partial charge in [0.25, 0.3) is 0 Å². The van der Waals surface area contributed by atoms with Crippen molar-refractivity contribution in [3.05, 3.63) is 16.1 Å². The highest BCUT2D eigenvalue weighted by Crippen LogP contribution is 2.40. The zero-order valence-electron chi connectivity index (χ0n) is 8.75. The van der Waals surface area contributed by atoms with E-state index in [0.717, 1.165) is 18.7 Å². The van der Waals surface area contributed by atoms with Gasteiger partial charge in [-0.3, -0.25) is 0 Å². The van der Waals surface area contributed by atoms with Crippen molar-refractivity contribution in [3.8, 4) is 0 Å². The van der Waals surface area contributed by atoms with Crippen LogP contribution in [0.1, 0.15) is 36.4 Å². The predicted octanol–water partition coefficient (Wildman–Crippen LogP) is 2.51. The molecule has 0 amide bonds. The molecule has 3 heteroatoms. The second kappa shape index (κ2) is 3.99. The molecule has 0 atom stereocenters. The van der Waals surface area contributed by atoms with E-state index in [4.69, 9.17) is 5.73 Å². The molecule has 2 rings (SSSR count). The fourth-order valence-corrected chi connectivity index (χ4v) is 3.33. The van der Waals surface area contributed by atoms with Crippen LogP contribution in [0.3, 0.4) is 0 Å². The van der Waals surface area contributed by atoms with Crippen LogP contribution in [0, 0.1) is 12.3 Å². The number of thiazole rings is 1. The fourth-order valence-electron chi connectivity index (χ4n) is 2.38. The lowest BCUT2D eigenvalue weighted by Gasteiger charge is -2.25. The molecule has 78 valence electrons. The molecule has 0 saturated heterocycles. The SMILES string of the molecule is Cc1csc(CC2(CN)CCCC2)n1. The Labute approximate surface area is 89.5 Å². The van der Waals surface area contributed by atoms with Crippen LogP contribution in [-0.4, -0.2) is 11.5 Å². The van der Waals surface area contributed by atoms with Crippen molar-refractivity contribution in [2.75, 3.05) is 6.54 Å². The van der Waals surface area contributed by atoms with E-state index in [9.17, 15) is 0 Å². The Morgan fingerprint density at radius 3 is 2.71 bits per heavy atom. The quantitative estimate of drug-likeness (QED) is 0.832. The third-order valence-electron chi connectivity index (χ3n) is 3.29. The van der Waals surface area contributed by atoms with Gasteiger partial charge in [0, 0.05) is 17.5 Å². The first-order chi connectivity index (χ1) is 6.74. The summed E-state index contributed by atoms with van der Waals surface area (Å²) in [4.78, 5) is 4.53. The van der Waals surface area contributed by atoms with E-state index in [2.05, 4.69) is 17.3 Å². The third-order valence-corrected chi connectivity index (χ3v) is 4.26. The average molecular weight is 210 g/mol. The van der Waals surface area contributed by atoms with Crippen molar-refractivity contribution >= 4 is 11.3 Å². The van der Waals surface area contributed by atoms with Crippen molar-refractivity contribution in [2.24, 2.45) is 11.1 Å². The zero-order valence-corrected chi connectivity index (χ0v) is 9.57. The molecule has 0 aliphatic heterocycles. The van der Waals surface area contributed by atoms with Gasteiger partial charge in [0.05, 0.1) is 5.01 Å². The molecule has 2 N–H and O–H groups in total. The summed E-state index contributed by atoms with van der Waals surface area (Å²) in [5, 5.41) is 3.41. The molecule has 1 aliphatic carbocycles. The van der Waals surface area contributed by atoms with Gasteiger partial charge in [0.1, 0.15) is 0 Å². The topological polar surface area (TPSA) is 38.9 Å². The highest BCUT2D eigenvalue weighted by molar-refractivity contribution is 7.09. The Morgan fingerprint density at radius 2 is 2.21 bits per heavy atom. The molecule has 0 spiro atoms. The van der Waals surface area contributed by atoms with Gasteiger partial charge in [-0.25, -0.2) is 4.98 Å². The van der Waals surface area contributed by atoms with Gasteiger partial charge in [0.2, 0.25) is 0 Å². The number of hydrogen-bond acceptors (Lipinski definition) is 3. The Kier molecular flexibility index (Phi) is 2.88. The molecule has 0 unspecified atom stereocenters. The highest BCUT2D eigenvalue weighted by Gasteiger charge is 2.33. The average Bonchev–Trinajstić information content (AvgIpc) is 2.77. The number of hydrogen-bond donors (Lipinski definition) is 1. The predicted molar refractivity (Wildman–Crippen MR) is 60.5 cm³/mol. The first-order valence-electron chi connectivity index (χ1n) is 5.35. The van der Waals surface area contributed by atoms with Gasteiger partial charge in [-0.1, -0.05) is 12.8 Å². The summed E-state index contributed by atoms with van der Waals surface area (Å²) in [7, 11) is 0. The van der Waals surface area contributed by atoms with Gasteiger partial charge in [-0.15, -0.1) is 11.3 Å². The first-order valence-corrected chi connectivity index (χ1v) is 6.23. The molecular formula is C11H18N2S. The summed E-state index contributed by atoms with van der Waals surface area (Å²) >= 11 is 1.78. The minimum Gasteiger partial charge on any atom is -0.330 e. The molecule has 0 radical (unpaired) electrons. The minimum atomic E-state index is 0.379. The molecule has 1 heterocycles. The van der Waals surface area contributed by atoms with Gasteiger partial charge in [0.15, 0.2) is 0 Å². The smallest absolute Gasteiger partial charge is 0.0934 e. The van der Waals surface area contributed by atoms with Crippen molar-refractivity contribution < 1.29 is 0 Å². The molecule has 2 nitrogen and oxygen atoms in total. The second-order valence-electron chi connectivity index (χ2n) is 4.47. The molecule has 1 aromatic heterocycles. The number of nitrogens with zero attached hydrogens (tertiary/aromatic N) is 1. The summed E-state index contributed by atoms with van der Waals surface area (Å²) in [6.07, 6.45) is 6.38. The highest BCUT2D eigenvalue weighted by atomic mass is 32.1. The normalized spacial score (nSPS) is 20.1. The lowest BCUT2D eigenvalue weighted by atomic mass is 9.83. The molecule has 1 aliphatic rings. The van der Waals surface area contributed by atoms with Crippen LogP contribution >= 0.6 is 11.3 Å². The number of aryl methyl sites for hydroxylation is 1. The second-order valence-corrected chi connectivity index (χ2v) is 5.41. The van der Waals surface area contributed by atoms with E-state index in [1.54, 1.807) is 11.3 Å². The third kappa shape index (κ3) is 1.98. The number of rotatable bonds is 3. The Bertz CT molecular complexity index is 300. The van der Waals surface area contributed by atoms with Crippen LogP contribution in [0.25, 0.3) is 0 Å². The van der Waals surface area contributed by atoms with Crippen LogP contribution < -0.4 is 5.73 Å². The Hall–Kier alpha value is -0.410. The number of nitrogens with two attached hydrogens (primary N) is 1. The molecule has 1 saturated carbocycles. The maximum atomic E-state index is 5.90. The van der Waals surface area contributed by atoms with Crippen molar-refractivity contribution in [1.29, 1.82) is 0 Å². The van der Waals surface area contributed by atoms with Crippen LogP contribution in [-0.2, 0) is 6.42 Å². The largest absolute Gasteiger partial charge is 0.330 e. The van der Waals surface area contributed by atoms with Crippen LogP contribution in [0.2, 0.25) is 0 Å². The van der Waals surface area contributed by atoms with E-state index in [-0.39, 0.29) is 0 Å². The number of aromatic nitrogens is 1. The summed E-state index contributed by atoms with van der Waals surface area (Å²) in [6.45, 7) is 2.88.